The second-order valence-corrected chi connectivity index (χ2v) is 7.47. The summed E-state index contributed by atoms with van der Waals surface area (Å²) in [6.07, 6.45) is 1.18. The summed E-state index contributed by atoms with van der Waals surface area (Å²) < 4.78 is 11.0. The van der Waals surface area contributed by atoms with Gasteiger partial charge < -0.3 is 14.6 Å². The third-order valence-corrected chi connectivity index (χ3v) is 5.77. The zero-order valence-electron chi connectivity index (χ0n) is 15.5. The number of morpholine rings is 1. The van der Waals surface area contributed by atoms with Gasteiger partial charge in [-0.15, -0.1) is 0 Å². The molecule has 1 N–H and O–H groups in total. The Kier molecular flexibility index (Phi) is 4.88. The molecule has 0 aliphatic carbocycles. The molecule has 2 fully saturated rings. The summed E-state index contributed by atoms with van der Waals surface area (Å²) in [6, 6.07) is 18.3. The molecule has 2 aromatic carbocycles. The van der Waals surface area contributed by atoms with Crippen LogP contribution in [0.3, 0.4) is 0 Å². The highest BCUT2D eigenvalue weighted by Crippen LogP contribution is 2.42. The predicted octanol–water partition coefficient (Wildman–Crippen LogP) is 2.82. The Bertz CT molecular complexity index is 832. The molecular weight excluding hydrogens is 340 g/mol. The second-order valence-electron chi connectivity index (χ2n) is 7.47. The molecule has 4 rings (SSSR count). The van der Waals surface area contributed by atoms with Gasteiger partial charge in [-0.3, -0.25) is 4.90 Å². The first kappa shape index (κ1) is 18.0. The maximum Gasteiger partial charge on any atom is 0.136 e. The van der Waals surface area contributed by atoms with Gasteiger partial charge in [-0.1, -0.05) is 36.4 Å². The first-order valence-electron chi connectivity index (χ1n) is 9.31. The van der Waals surface area contributed by atoms with Crippen molar-refractivity contribution in [1.82, 2.24) is 4.90 Å². The normalized spacial score (nSPS) is 27.7. The molecule has 2 bridgehead atoms. The molecule has 2 aliphatic heterocycles. The fraction of sp³-hybridized carbons (Fsp3) is 0.409. The second kappa shape index (κ2) is 7.32. The lowest BCUT2D eigenvalue weighted by Crippen LogP contribution is -2.60. The smallest absolute Gasteiger partial charge is 0.136 e. The van der Waals surface area contributed by atoms with E-state index in [1.54, 1.807) is 19.2 Å². The minimum atomic E-state index is -0.954. The lowest BCUT2D eigenvalue weighted by molar-refractivity contribution is -0.149. The molecule has 2 unspecified atom stereocenters. The molecular formula is C22H24N2O3. The van der Waals surface area contributed by atoms with E-state index in [0.717, 1.165) is 12.1 Å². The summed E-state index contributed by atoms with van der Waals surface area (Å²) in [5.74, 6) is 0.537. The van der Waals surface area contributed by atoms with Crippen LogP contribution >= 0.6 is 0 Å². The fourth-order valence-corrected chi connectivity index (χ4v) is 4.42. The van der Waals surface area contributed by atoms with Crippen LogP contribution in [0.15, 0.2) is 48.5 Å². The van der Waals surface area contributed by atoms with Crippen molar-refractivity contribution in [2.45, 2.75) is 37.1 Å². The van der Waals surface area contributed by atoms with Crippen molar-refractivity contribution >= 4 is 0 Å². The molecule has 0 saturated carbocycles. The third kappa shape index (κ3) is 3.44. The fourth-order valence-electron chi connectivity index (χ4n) is 4.42. The number of fused-ring (bicyclic) bond motifs is 2. The lowest BCUT2D eigenvalue weighted by Gasteiger charge is -2.52. The topological polar surface area (TPSA) is 65.7 Å². The number of aliphatic hydroxyl groups is 1. The Balaban J connectivity index is 1.60. The maximum atomic E-state index is 11.5. The van der Waals surface area contributed by atoms with Crippen LogP contribution in [0.5, 0.6) is 5.75 Å². The van der Waals surface area contributed by atoms with E-state index in [9.17, 15) is 10.4 Å². The molecule has 5 heteroatoms. The molecule has 2 saturated heterocycles. The van der Waals surface area contributed by atoms with Gasteiger partial charge in [-0.2, -0.15) is 5.26 Å². The quantitative estimate of drug-likeness (QED) is 0.904. The predicted molar refractivity (Wildman–Crippen MR) is 101 cm³/mol. The average molecular weight is 364 g/mol. The molecule has 0 amide bonds. The first-order chi connectivity index (χ1) is 13.1. The van der Waals surface area contributed by atoms with Crippen molar-refractivity contribution in [1.29, 1.82) is 5.26 Å². The van der Waals surface area contributed by atoms with Gasteiger partial charge in [0.1, 0.15) is 11.8 Å². The molecule has 2 aromatic rings. The Morgan fingerprint density at radius 2 is 1.89 bits per heavy atom. The van der Waals surface area contributed by atoms with E-state index < -0.39 is 5.60 Å². The Morgan fingerprint density at radius 3 is 2.52 bits per heavy atom. The Hall–Kier alpha value is -2.39. The third-order valence-electron chi connectivity index (χ3n) is 5.77. The van der Waals surface area contributed by atoms with Crippen molar-refractivity contribution in [2.75, 3.05) is 20.3 Å². The largest absolute Gasteiger partial charge is 0.495 e. The Morgan fingerprint density at radius 1 is 1.19 bits per heavy atom. The van der Waals surface area contributed by atoms with Crippen molar-refractivity contribution < 1.29 is 14.6 Å². The monoisotopic (exact) mass is 364 g/mol. The van der Waals surface area contributed by atoms with Gasteiger partial charge in [0, 0.05) is 18.6 Å². The summed E-state index contributed by atoms with van der Waals surface area (Å²) in [4.78, 5) is 2.46. The van der Waals surface area contributed by atoms with Crippen molar-refractivity contribution in [3.05, 3.63) is 65.2 Å². The minimum Gasteiger partial charge on any atom is -0.495 e. The number of hydrogen-bond acceptors (Lipinski definition) is 5. The number of nitrogens with zero attached hydrogens (tertiary/aromatic N) is 2. The molecule has 0 aromatic heterocycles. The van der Waals surface area contributed by atoms with E-state index in [2.05, 4.69) is 35.2 Å². The molecule has 0 radical (unpaired) electrons. The number of benzene rings is 2. The highest BCUT2D eigenvalue weighted by atomic mass is 16.5. The zero-order chi connectivity index (χ0) is 18.9. The maximum absolute atomic E-state index is 11.5. The molecule has 27 heavy (non-hydrogen) atoms. The summed E-state index contributed by atoms with van der Waals surface area (Å²) >= 11 is 0. The van der Waals surface area contributed by atoms with Gasteiger partial charge >= 0.3 is 0 Å². The number of piperidine rings is 1. The van der Waals surface area contributed by atoms with E-state index in [0.29, 0.717) is 37.4 Å². The standard InChI is InChI=1S/C22H24N2O3/c1-26-21-8-7-18(9-17(21)12-23)22(25)10-19-14-27-15-20(11-22)24(19)13-16-5-3-2-4-6-16/h2-9,19-20,25H,10-11,13-15H2,1H3. The van der Waals surface area contributed by atoms with Gasteiger partial charge in [0.25, 0.3) is 0 Å². The van der Waals surface area contributed by atoms with Gasteiger partial charge in [0.05, 0.1) is 31.5 Å². The zero-order valence-corrected chi connectivity index (χ0v) is 15.5. The summed E-state index contributed by atoms with van der Waals surface area (Å²) in [6.45, 7) is 2.10. The van der Waals surface area contributed by atoms with Crippen LogP contribution in [0, 0.1) is 11.3 Å². The molecule has 2 heterocycles. The van der Waals surface area contributed by atoms with Gasteiger partial charge in [-0.25, -0.2) is 0 Å². The van der Waals surface area contributed by atoms with Crippen LogP contribution in [0.25, 0.3) is 0 Å². The number of rotatable bonds is 4. The van der Waals surface area contributed by atoms with Crippen molar-refractivity contribution in [3.63, 3.8) is 0 Å². The van der Waals surface area contributed by atoms with E-state index in [1.807, 2.05) is 12.1 Å². The highest BCUT2D eigenvalue weighted by molar-refractivity contribution is 5.47. The summed E-state index contributed by atoms with van der Waals surface area (Å²) in [7, 11) is 1.55. The van der Waals surface area contributed by atoms with Crippen LogP contribution in [0.1, 0.15) is 29.5 Å². The summed E-state index contributed by atoms with van der Waals surface area (Å²) in [5.41, 5.74) is 1.56. The van der Waals surface area contributed by atoms with Gasteiger partial charge in [0.2, 0.25) is 0 Å². The summed E-state index contributed by atoms with van der Waals surface area (Å²) in [5, 5.41) is 20.9. The van der Waals surface area contributed by atoms with E-state index >= 15 is 0 Å². The number of hydrogen-bond donors (Lipinski definition) is 1. The van der Waals surface area contributed by atoms with Gasteiger partial charge in [0.15, 0.2) is 0 Å². The van der Waals surface area contributed by atoms with Gasteiger partial charge in [-0.05, 0) is 36.1 Å². The average Bonchev–Trinajstić information content (AvgIpc) is 2.69. The number of ether oxygens (including phenoxy) is 2. The lowest BCUT2D eigenvalue weighted by atomic mass is 9.76. The highest BCUT2D eigenvalue weighted by Gasteiger charge is 2.47. The van der Waals surface area contributed by atoms with Crippen LogP contribution in [-0.4, -0.2) is 42.4 Å². The van der Waals surface area contributed by atoms with Crippen LogP contribution in [-0.2, 0) is 16.9 Å². The van der Waals surface area contributed by atoms with E-state index in [-0.39, 0.29) is 12.1 Å². The number of nitriles is 1. The van der Waals surface area contributed by atoms with E-state index in [1.165, 1.54) is 5.56 Å². The van der Waals surface area contributed by atoms with Crippen LogP contribution in [0.2, 0.25) is 0 Å². The minimum absolute atomic E-state index is 0.148. The van der Waals surface area contributed by atoms with Crippen LogP contribution < -0.4 is 4.74 Å². The number of methoxy groups -OCH3 is 1. The SMILES string of the molecule is COc1ccc(C2(O)CC3COCC(C2)N3Cc2ccccc2)cc1C#N. The van der Waals surface area contributed by atoms with Crippen LogP contribution in [0.4, 0.5) is 0 Å². The molecule has 0 spiro atoms. The van der Waals surface area contributed by atoms with Crippen molar-refractivity contribution in [3.8, 4) is 11.8 Å². The van der Waals surface area contributed by atoms with Crippen molar-refractivity contribution in [2.24, 2.45) is 0 Å². The van der Waals surface area contributed by atoms with E-state index in [4.69, 9.17) is 9.47 Å². The molecule has 2 atom stereocenters. The first-order valence-corrected chi connectivity index (χ1v) is 9.31. The molecule has 140 valence electrons. The molecule has 2 aliphatic rings. The molecule has 5 nitrogen and oxygen atoms in total. The Labute approximate surface area is 159 Å².